The molecule has 2 aliphatic rings. The number of hydrogen-bond acceptors (Lipinski definition) is 3. The van der Waals surface area contributed by atoms with Gasteiger partial charge in [0, 0.05) is 24.6 Å². The third kappa shape index (κ3) is 3.67. The molecular formula is C20H31N3O2. The van der Waals surface area contributed by atoms with Crippen LogP contribution in [0, 0.1) is 5.41 Å². The highest BCUT2D eigenvalue weighted by Gasteiger charge is 2.59. The van der Waals surface area contributed by atoms with E-state index < -0.39 is 0 Å². The lowest BCUT2D eigenvalue weighted by Gasteiger charge is -2.61. The summed E-state index contributed by atoms with van der Waals surface area (Å²) in [6, 6.07) is 8.37. The zero-order chi connectivity index (χ0) is 17.7. The largest absolute Gasteiger partial charge is 0.392 e. The summed E-state index contributed by atoms with van der Waals surface area (Å²) in [5, 5.41) is 16.5. The van der Waals surface area contributed by atoms with Gasteiger partial charge < -0.3 is 20.5 Å². The molecule has 1 aromatic rings. The van der Waals surface area contributed by atoms with Crippen molar-refractivity contribution in [1.82, 2.24) is 10.6 Å². The topological polar surface area (TPSA) is 65.9 Å². The van der Waals surface area contributed by atoms with E-state index in [1.54, 1.807) is 0 Å². The lowest BCUT2D eigenvalue weighted by Crippen LogP contribution is -2.68. The smallest absolute Gasteiger partial charge is 0.191 e. The highest BCUT2D eigenvalue weighted by molar-refractivity contribution is 5.80. The molecule has 2 aliphatic carbocycles. The third-order valence-corrected chi connectivity index (χ3v) is 5.79. The number of hydrogen-bond donors (Lipinski definition) is 3. The maximum atomic E-state index is 9.47. The van der Waals surface area contributed by atoms with Crippen molar-refractivity contribution < 1.29 is 9.84 Å². The first-order valence-corrected chi connectivity index (χ1v) is 9.57. The molecule has 0 amide bonds. The lowest BCUT2D eigenvalue weighted by atomic mass is 9.51. The minimum absolute atomic E-state index is 0.0530. The molecule has 1 aromatic carbocycles. The Bertz CT molecular complexity index is 598. The fourth-order valence-electron chi connectivity index (χ4n) is 4.16. The molecule has 5 nitrogen and oxygen atoms in total. The summed E-state index contributed by atoms with van der Waals surface area (Å²) in [7, 11) is 0. The van der Waals surface area contributed by atoms with Crippen LogP contribution >= 0.6 is 0 Å². The number of benzene rings is 1. The Morgan fingerprint density at radius 2 is 2.04 bits per heavy atom. The Balaban J connectivity index is 1.65. The van der Waals surface area contributed by atoms with Gasteiger partial charge in [0.25, 0.3) is 0 Å². The molecule has 3 N–H and O–H groups in total. The molecule has 1 spiro atoms. The van der Waals surface area contributed by atoms with Gasteiger partial charge in [0.2, 0.25) is 0 Å². The van der Waals surface area contributed by atoms with Crippen LogP contribution in [0.1, 0.15) is 50.7 Å². The van der Waals surface area contributed by atoms with E-state index in [9.17, 15) is 5.11 Å². The van der Waals surface area contributed by atoms with Crippen LogP contribution in [0.25, 0.3) is 0 Å². The van der Waals surface area contributed by atoms with Gasteiger partial charge in [-0.1, -0.05) is 30.7 Å². The summed E-state index contributed by atoms with van der Waals surface area (Å²) in [6.45, 7) is 6.42. The molecule has 0 aromatic heterocycles. The molecule has 0 aliphatic heterocycles. The van der Waals surface area contributed by atoms with Gasteiger partial charge >= 0.3 is 0 Å². The zero-order valence-electron chi connectivity index (χ0n) is 15.4. The summed E-state index contributed by atoms with van der Waals surface area (Å²) in [5.41, 5.74) is 2.33. The molecular weight excluding hydrogens is 314 g/mol. The number of nitrogens with zero attached hydrogens (tertiary/aromatic N) is 1. The van der Waals surface area contributed by atoms with Gasteiger partial charge in [0.15, 0.2) is 5.96 Å². The number of guanidine groups is 1. The summed E-state index contributed by atoms with van der Waals surface area (Å²) in [4.78, 5) is 4.75. The van der Waals surface area contributed by atoms with Gasteiger partial charge in [-0.25, -0.2) is 4.99 Å². The van der Waals surface area contributed by atoms with Gasteiger partial charge in [-0.3, -0.25) is 0 Å². The maximum absolute atomic E-state index is 9.47. The van der Waals surface area contributed by atoms with Crippen molar-refractivity contribution in [3.05, 3.63) is 35.4 Å². The van der Waals surface area contributed by atoms with Crippen molar-refractivity contribution in [2.24, 2.45) is 10.4 Å². The monoisotopic (exact) mass is 345 g/mol. The maximum Gasteiger partial charge on any atom is 0.191 e. The van der Waals surface area contributed by atoms with E-state index in [2.05, 4.69) is 24.5 Å². The van der Waals surface area contributed by atoms with E-state index in [0.29, 0.717) is 24.1 Å². The lowest BCUT2D eigenvalue weighted by molar-refractivity contribution is -0.168. The van der Waals surface area contributed by atoms with Gasteiger partial charge in [0.1, 0.15) is 0 Å². The normalized spacial score (nSPS) is 24.5. The van der Waals surface area contributed by atoms with E-state index in [1.807, 2.05) is 24.3 Å². The summed E-state index contributed by atoms with van der Waals surface area (Å²) >= 11 is 0. The number of ether oxygens (including phenoxy) is 1. The summed E-state index contributed by atoms with van der Waals surface area (Å²) < 4.78 is 5.94. The van der Waals surface area contributed by atoms with Crippen molar-refractivity contribution >= 4 is 5.96 Å². The van der Waals surface area contributed by atoms with Crippen LogP contribution < -0.4 is 10.6 Å². The first-order valence-electron chi connectivity index (χ1n) is 9.57. The fourth-order valence-corrected chi connectivity index (χ4v) is 4.16. The first kappa shape index (κ1) is 18.2. The Kier molecular flexibility index (Phi) is 5.97. The Morgan fingerprint density at radius 1 is 1.28 bits per heavy atom. The van der Waals surface area contributed by atoms with Crippen LogP contribution in [-0.2, 0) is 17.9 Å². The second-order valence-corrected chi connectivity index (χ2v) is 7.09. The molecule has 2 unspecified atom stereocenters. The van der Waals surface area contributed by atoms with Crippen molar-refractivity contribution in [2.45, 2.75) is 64.8 Å². The third-order valence-electron chi connectivity index (χ3n) is 5.79. The minimum Gasteiger partial charge on any atom is -0.392 e. The van der Waals surface area contributed by atoms with Gasteiger partial charge in [-0.05, 0) is 44.2 Å². The van der Waals surface area contributed by atoms with Gasteiger partial charge in [0.05, 0.1) is 19.3 Å². The molecule has 0 bridgehead atoms. The number of aliphatic hydroxyl groups excluding tert-OH is 1. The van der Waals surface area contributed by atoms with Crippen LogP contribution in [-0.4, -0.2) is 36.4 Å². The van der Waals surface area contributed by atoms with E-state index in [4.69, 9.17) is 9.73 Å². The average Bonchev–Trinajstić information content (AvgIpc) is 2.57. The summed E-state index contributed by atoms with van der Waals surface area (Å²) in [5.74, 6) is 0.862. The zero-order valence-corrected chi connectivity index (χ0v) is 15.4. The Labute approximate surface area is 150 Å². The molecule has 25 heavy (non-hydrogen) atoms. The number of aliphatic hydroxyl groups is 1. The Morgan fingerprint density at radius 3 is 2.64 bits per heavy atom. The number of rotatable bonds is 7. The predicted molar refractivity (Wildman–Crippen MR) is 100 cm³/mol. The highest BCUT2D eigenvalue weighted by atomic mass is 16.5. The number of nitrogens with one attached hydrogen (secondary N) is 2. The van der Waals surface area contributed by atoms with E-state index in [-0.39, 0.29) is 6.61 Å². The second kappa shape index (κ2) is 8.19. The van der Waals surface area contributed by atoms with Gasteiger partial charge in [-0.2, -0.15) is 0 Å². The fraction of sp³-hybridized carbons (Fsp3) is 0.650. The molecule has 3 rings (SSSR count). The average molecular weight is 345 g/mol. The molecule has 5 heteroatoms. The van der Waals surface area contributed by atoms with Crippen LogP contribution in [0.2, 0.25) is 0 Å². The molecule has 2 saturated carbocycles. The van der Waals surface area contributed by atoms with Crippen molar-refractivity contribution in [2.75, 3.05) is 13.2 Å². The molecule has 0 radical (unpaired) electrons. The van der Waals surface area contributed by atoms with E-state index in [0.717, 1.165) is 36.7 Å². The number of aliphatic imine (C=N–C) groups is 1. The molecule has 0 saturated heterocycles. The first-order chi connectivity index (χ1) is 12.2. The van der Waals surface area contributed by atoms with Crippen LogP contribution in [0.3, 0.4) is 0 Å². The molecule has 2 fully saturated rings. The highest BCUT2D eigenvalue weighted by Crippen LogP contribution is 2.57. The van der Waals surface area contributed by atoms with Crippen LogP contribution in [0.5, 0.6) is 0 Å². The van der Waals surface area contributed by atoms with Crippen molar-refractivity contribution in [3.63, 3.8) is 0 Å². The SMILES string of the molecule is CCNC(=NCc1ccccc1CO)NC1CC(OCC)C12CCC2. The molecule has 2 atom stereocenters. The van der Waals surface area contributed by atoms with Crippen molar-refractivity contribution in [3.8, 4) is 0 Å². The van der Waals surface area contributed by atoms with Crippen LogP contribution in [0.4, 0.5) is 0 Å². The molecule has 0 heterocycles. The minimum atomic E-state index is 0.0530. The summed E-state index contributed by atoms with van der Waals surface area (Å²) in [6.07, 6.45) is 5.27. The van der Waals surface area contributed by atoms with Gasteiger partial charge in [-0.15, -0.1) is 0 Å². The standard InChI is InChI=1S/C20H31N3O2/c1-3-21-19(22-13-15-8-5-6-9-16(15)14-24)23-17-12-18(25-4-2)20(17)10-7-11-20/h5-6,8-9,17-18,24H,3-4,7,10-14H2,1-2H3,(H2,21,22,23). The predicted octanol–water partition coefficient (Wildman–Crippen LogP) is 2.58. The quantitative estimate of drug-likeness (QED) is 0.525. The Hall–Kier alpha value is -1.59. The van der Waals surface area contributed by atoms with E-state index >= 15 is 0 Å². The van der Waals surface area contributed by atoms with Crippen LogP contribution in [0.15, 0.2) is 29.3 Å². The van der Waals surface area contributed by atoms with E-state index in [1.165, 1.54) is 19.3 Å². The molecule has 138 valence electrons. The second-order valence-electron chi connectivity index (χ2n) is 7.09. The van der Waals surface area contributed by atoms with Crippen molar-refractivity contribution in [1.29, 1.82) is 0 Å².